The van der Waals surface area contributed by atoms with Crippen LogP contribution in [-0.2, 0) is 0 Å². The van der Waals surface area contributed by atoms with E-state index in [0.29, 0.717) is 0 Å². The lowest BCUT2D eigenvalue weighted by Gasteiger charge is -2.15. The van der Waals surface area contributed by atoms with Crippen molar-refractivity contribution in [2.75, 3.05) is 0 Å². The second-order valence-corrected chi connectivity index (χ2v) is 16.1. The SMILES string of the molecule is C=C/C=C\C(=C/C)c1cc(-c2ccccc2)cc(-c2ccc(-n3c4ccccc4c4c3ccc3c5ccccc5n(-c5cc(-c6ccccc6)cc(-c6ccccc6)c5)c34)cc2)c1. The molecule has 298 valence electrons. The monoisotopic (exact) mass is 804 g/mol. The van der Waals surface area contributed by atoms with Gasteiger partial charge in [-0.25, -0.2) is 0 Å². The molecule has 0 N–H and O–H groups in total. The van der Waals surface area contributed by atoms with E-state index in [4.69, 9.17) is 0 Å². The Balaban J connectivity index is 1.12. The lowest BCUT2D eigenvalue weighted by atomic mass is 9.93. The Morgan fingerprint density at radius 3 is 1.44 bits per heavy atom. The van der Waals surface area contributed by atoms with E-state index in [1.165, 1.54) is 88.1 Å². The van der Waals surface area contributed by atoms with Crippen LogP contribution in [0.5, 0.6) is 0 Å². The lowest BCUT2D eigenvalue weighted by molar-refractivity contribution is 1.17. The molecule has 9 aromatic carbocycles. The van der Waals surface area contributed by atoms with Crippen molar-refractivity contribution >= 4 is 49.2 Å². The van der Waals surface area contributed by atoms with Gasteiger partial charge in [0.15, 0.2) is 0 Å². The smallest absolute Gasteiger partial charge is 0.0641 e. The molecule has 0 saturated carbocycles. The molecule has 2 nitrogen and oxygen atoms in total. The van der Waals surface area contributed by atoms with Gasteiger partial charge in [-0.3, -0.25) is 0 Å². The van der Waals surface area contributed by atoms with Gasteiger partial charge in [0.2, 0.25) is 0 Å². The normalized spacial score (nSPS) is 12.0. The summed E-state index contributed by atoms with van der Waals surface area (Å²) < 4.78 is 4.95. The lowest BCUT2D eigenvalue weighted by Crippen LogP contribution is -1.97. The van der Waals surface area contributed by atoms with Crippen molar-refractivity contribution in [1.29, 1.82) is 0 Å². The van der Waals surface area contributed by atoms with E-state index in [1.54, 1.807) is 0 Å². The molecule has 0 unspecified atom stereocenters. The van der Waals surface area contributed by atoms with E-state index >= 15 is 0 Å². The van der Waals surface area contributed by atoms with Crippen LogP contribution >= 0.6 is 0 Å². The van der Waals surface area contributed by atoms with Crippen molar-refractivity contribution in [3.63, 3.8) is 0 Å². The Labute approximate surface area is 368 Å². The van der Waals surface area contributed by atoms with E-state index in [2.05, 4.69) is 247 Å². The molecule has 0 spiro atoms. The topological polar surface area (TPSA) is 9.86 Å². The van der Waals surface area contributed by atoms with Crippen molar-refractivity contribution in [2.24, 2.45) is 0 Å². The Hall–Kier alpha value is -8.20. The quantitative estimate of drug-likeness (QED) is 0.129. The summed E-state index contributed by atoms with van der Waals surface area (Å²) in [5, 5.41) is 4.93. The van der Waals surface area contributed by atoms with Gasteiger partial charge in [-0.15, -0.1) is 0 Å². The average molecular weight is 805 g/mol. The highest BCUT2D eigenvalue weighted by atomic mass is 15.0. The van der Waals surface area contributed by atoms with Gasteiger partial charge in [-0.05, 0) is 129 Å². The van der Waals surface area contributed by atoms with Gasteiger partial charge in [-0.1, -0.05) is 176 Å². The number of rotatable bonds is 9. The molecule has 11 aromatic rings. The third kappa shape index (κ3) is 6.70. The third-order valence-electron chi connectivity index (χ3n) is 12.4. The van der Waals surface area contributed by atoms with Crippen molar-refractivity contribution < 1.29 is 0 Å². The van der Waals surface area contributed by atoms with E-state index in [-0.39, 0.29) is 0 Å². The number of nitrogens with zero attached hydrogens (tertiary/aromatic N) is 2. The Kier molecular flexibility index (Phi) is 9.60. The first-order valence-electron chi connectivity index (χ1n) is 21.7. The Morgan fingerprint density at radius 1 is 0.397 bits per heavy atom. The molecule has 63 heavy (non-hydrogen) atoms. The van der Waals surface area contributed by atoms with Gasteiger partial charge in [0.1, 0.15) is 0 Å². The molecule has 2 heteroatoms. The minimum absolute atomic E-state index is 1.12. The summed E-state index contributed by atoms with van der Waals surface area (Å²) in [6, 6.07) is 77.6. The van der Waals surface area contributed by atoms with E-state index < -0.39 is 0 Å². The first kappa shape index (κ1) is 37.8. The molecular weight excluding hydrogens is 761 g/mol. The summed E-state index contributed by atoms with van der Waals surface area (Å²) in [5.74, 6) is 0. The van der Waals surface area contributed by atoms with E-state index in [1.807, 2.05) is 12.2 Å². The molecule has 0 radical (unpaired) electrons. The number of benzene rings is 9. The zero-order valence-electron chi connectivity index (χ0n) is 35.1. The molecular formula is C61H44N2. The van der Waals surface area contributed by atoms with Gasteiger partial charge >= 0.3 is 0 Å². The summed E-state index contributed by atoms with van der Waals surface area (Å²) in [6.45, 7) is 6.00. The predicted molar refractivity (Wildman–Crippen MR) is 270 cm³/mol. The third-order valence-corrected chi connectivity index (χ3v) is 12.4. The number of allylic oxidation sites excluding steroid dienone is 5. The maximum absolute atomic E-state index is 3.91. The van der Waals surface area contributed by atoms with Crippen molar-refractivity contribution in [2.45, 2.75) is 6.92 Å². The summed E-state index contributed by atoms with van der Waals surface area (Å²) in [6.07, 6.45) is 8.12. The van der Waals surface area contributed by atoms with Crippen LogP contribution in [0.4, 0.5) is 0 Å². The molecule has 0 saturated heterocycles. The maximum Gasteiger partial charge on any atom is 0.0641 e. The van der Waals surface area contributed by atoms with Crippen LogP contribution < -0.4 is 0 Å². The van der Waals surface area contributed by atoms with Gasteiger partial charge in [0.05, 0.1) is 22.1 Å². The molecule has 0 aliphatic heterocycles. The minimum Gasteiger partial charge on any atom is -0.309 e. The summed E-state index contributed by atoms with van der Waals surface area (Å²) in [7, 11) is 0. The molecule has 2 heterocycles. The number of fused-ring (bicyclic) bond motifs is 7. The largest absolute Gasteiger partial charge is 0.309 e. The van der Waals surface area contributed by atoms with Gasteiger partial charge in [0, 0.05) is 32.9 Å². The van der Waals surface area contributed by atoms with Crippen molar-refractivity contribution in [3.8, 4) is 55.9 Å². The van der Waals surface area contributed by atoms with E-state index in [0.717, 1.165) is 22.5 Å². The number of hydrogen-bond donors (Lipinski definition) is 0. The molecule has 0 amide bonds. The van der Waals surface area contributed by atoms with Crippen LogP contribution in [0.1, 0.15) is 12.5 Å². The maximum atomic E-state index is 3.91. The Bertz CT molecular complexity index is 3490. The number of hydrogen-bond acceptors (Lipinski definition) is 0. The first-order chi connectivity index (χ1) is 31.2. The van der Waals surface area contributed by atoms with Gasteiger partial charge in [0.25, 0.3) is 0 Å². The molecule has 0 fully saturated rings. The zero-order valence-corrected chi connectivity index (χ0v) is 35.1. The fourth-order valence-corrected chi connectivity index (χ4v) is 9.48. The molecule has 0 aliphatic carbocycles. The van der Waals surface area contributed by atoms with Crippen molar-refractivity contribution in [3.05, 3.63) is 249 Å². The molecule has 11 rings (SSSR count). The van der Waals surface area contributed by atoms with Crippen LogP contribution in [0, 0.1) is 0 Å². The Morgan fingerprint density at radius 2 is 0.889 bits per heavy atom. The first-order valence-corrected chi connectivity index (χ1v) is 21.7. The van der Waals surface area contributed by atoms with Crippen LogP contribution in [0.25, 0.3) is 105 Å². The average Bonchev–Trinajstić information content (AvgIpc) is 3.88. The van der Waals surface area contributed by atoms with Crippen LogP contribution in [-0.4, -0.2) is 9.13 Å². The molecule has 0 bridgehead atoms. The highest BCUT2D eigenvalue weighted by Crippen LogP contribution is 2.43. The number of aromatic nitrogens is 2. The highest BCUT2D eigenvalue weighted by molar-refractivity contribution is 6.26. The second kappa shape index (κ2) is 16.0. The second-order valence-electron chi connectivity index (χ2n) is 16.1. The van der Waals surface area contributed by atoms with Crippen LogP contribution in [0.2, 0.25) is 0 Å². The molecule has 0 atom stereocenters. The van der Waals surface area contributed by atoms with Crippen molar-refractivity contribution in [1.82, 2.24) is 9.13 Å². The van der Waals surface area contributed by atoms with E-state index in [9.17, 15) is 0 Å². The summed E-state index contributed by atoms with van der Waals surface area (Å²) >= 11 is 0. The minimum atomic E-state index is 1.12. The van der Waals surface area contributed by atoms with Crippen LogP contribution in [0.15, 0.2) is 243 Å². The molecule has 2 aromatic heterocycles. The van der Waals surface area contributed by atoms with Gasteiger partial charge < -0.3 is 9.13 Å². The fraction of sp³-hybridized carbons (Fsp3) is 0.0164. The predicted octanol–water partition coefficient (Wildman–Crippen LogP) is 16.7. The summed E-state index contributed by atoms with van der Waals surface area (Å²) in [4.78, 5) is 0. The molecule has 0 aliphatic rings. The number of para-hydroxylation sites is 2. The van der Waals surface area contributed by atoms with Gasteiger partial charge in [-0.2, -0.15) is 0 Å². The van der Waals surface area contributed by atoms with Crippen LogP contribution in [0.3, 0.4) is 0 Å². The standard InChI is InChI=1S/C61H44N2/c1-3-5-19-42(4-2)47-36-48(43-20-9-6-10-21-43)38-49(37-47)46-30-32-52(33-31-46)62-58-29-18-16-27-56(58)60-59(62)35-34-55-54-26-15-17-28-57(54)63(61(55)60)53-40-50(44-22-11-7-12-23-44)39-51(41-53)45-24-13-8-14-25-45/h3-41H,1H2,2H3/b19-5-,42-4+. The summed E-state index contributed by atoms with van der Waals surface area (Å²) in [5.41, 5.74) is 18.8. The highest BCUT2D eigenvalue weighted by Gasteiger charge is 2.22. The fourth-order valence-electron chi connectivity index (χ4n) is 9.48. The zero-order chi connectivity index (χ0) is 42.3.